The summed E-state index contributed by atoms with van der Waals surface area (Å²) in [5, 5.41) is 12.5. The van der Waals surface area contributed by atoms with Crippen LogP contribution in [0.1, 0.15) is 56.8 Å². The number of amides is 1. The number of carboxylic acids is 1. The van der Waals surface area contributed by atoms with Crippen LogP contribution in [0.2, 0.25) is 0 Å². The molecule has 1 aliphatic carbocycles. The molecule has 1 aliphatic rings. The fourth-order valence-electron chi connectivity index (χ4n) is 3.30. The van der Waals surface area contributed by atoms with Gasteiger partial charge >= 0.3 is 12.1 Å². The maximum Gasteiger partial charge on any atom is 0.407 e. The largest absolute Gasteiger partial charge is 0.481 e. The van der Waals surface area contributed by atoms with Crippen molar-refractivity contribution in [1.82, 2.24) is 5.32 Å². The van der Waals surface area contributed by atoms with Crippen molar-refractivity contribution in [2.24, 2.45) is 5.41 Å². The molecule has 0 saturated heterocycles. The van der Waals surface area contributed by atoms with Gasteiger partial charge in [0.05, 0.1) is 5.41 Å². The summed E-state index contributed by atoms with van der Waals surface area (Å²) >= 11 is 3.31. The van der Waals surface area contributed by atoms with E-state index < -0.39 is 29.1 Å². The second-order valence-corrected chi connectivity index (χ2v) is 8.57. The standard InChI is InChI=1S/C19H24BrNO5/c1-18(2,3)26-17(25)21-15-5-4-10-19(15,16(23)24)11-14(22)12-6-8-13(20)9-7-12/h6-9,15H,4-5,10-11H2,1-3H3,(H,21,25)(H,23,24). The van der Waals surface area contributed by atoms with Gasteiger partial charge in [0.25, 0.3) is 0 Å². The van der Waals surface area contributed by atoms with Gasteiger partial charge in [0.1, 0.15) is 5.60 Å². The van der Waals surface area contributed by atoms with Gasteiger partial charge in [-0.3, -0.25) is 9.59 Å². The van der Waals surface area contributed by atoms with Crippen LogP contribution in [-0.4, -0.2) is 34.6 Å². The maximum absolute atomic E-state index is 12.7. The molecule has 1 aromatic carbocycles. The van der Waals surface area contributed by atoms with E-state index in [0.29, 0.717) is 24.8 Å². The molecule has 0 radical (unpaired) electrons. The number of halogens is 1. The predicted octanol–water partition coefficient (Wildman–Crippen LogP) is 4.17. The highest BCUT2D eigenvalue weighted by Crippen LogP contribution is 2.42. The molecule has 2 rings (SSSR count). The summed E-state index contributed by atoms with van der Waals surface area (Å²) in [6.07, 6.45) is 0.640. The first-order valence-electron chi connectivity index (χ1n) is 8.55. The second-order valence-electron chi connectivity index (χ2n) is 7.66. The maximum atomic E-state index is 12.7. The summed E-state index contributed by atoms with van der Waals surface area (Å²) < 4.78 is 6.08. The Bertz CT molecular complexity index is 695. The summed E-state index contributed by atoms with van der Waals surface area (Å²) in [5.74, 6) is -1.32. The SMILES string of the molecule is CC(C)(C)OC(=O)NC1CCCC1(CC(=O)c1ccc(Br)cc1)C(=O)O. The van der Waals surface area contributed by atoms with Gasteiger partial charge in [0.15, 0.2) is 5.78 Å². The molecule has 2 atom stereocenters. The zero-order valence-corrected chi connectivity index (χ0v) is 16.8. The van der Waals surface area contributed by atoms with E-state index in [0.717, 1.165) is 4.47 Å². The van der Waals surface area contributed by atoms with Gasteiger partial charge < -0.3 is 15.2 Å². The van der Waals surface area contributed by atoms with Gasteiger partial charge in [-0.25, -0.2) is 4.79 Å². The van der Waals surface area contributed by atoms with Gasteiger partial charge in [-0.2, -0.15) is 0 Å². The van der Waals surface area contributed by atoms with Crippen molar-refractivity contribution < 1.29 is 24.2 Å². The number of rotatable bonds is 5. The molecule has 1 amide bonds. The quantitative estimate of drug-likeness (QED) is 0.690. The van der Waals surface area contributed by atoms with Crippen molar-refractivity contribution in [3.05, 3.63) is 34.3 Å². The van der Waals surface area contributed by atoms with Crippen molar-refractivity contribution in [2.45, 2.75) is 58.1 Å². The van der Waals surface area contributed by atoms with E-state index in [9.17, 15) is 19.5 Å². The molecule has 2 N–H and O–H groups in total. The van der Waals surface area contributed by atoms with Crippen LogP contribution in [-0.2, 0) is 9.53 Å². The van der Waals surface area contributed by atoms with Crippen LogP contribution in [0.25, 0.3) is 0 Å². The number of Topliss-reactive ketones (excluding diaryl/α,β-unsaturated/α-hetero) is 1. The molecule has 0 aliphatic heterocycles. The third-order valence-corrected chi connectivity index (χ3v) is 5.07. The molecule has 7 heteroatoms. The van der Waals surface area contributed by atoms with Crippen LogP contribution in [0.15, 0.2) is 28.7 Å². The third-order valence-electron chi connectivity index (χ3n) is 4.54. The lowest BCUT2D eigenvalue weighted by molar-refractivity contribution is -0.149. The van der Waals surface area contributed by atoms with E-state index in [1.54, 1.807) is 45.0 Å². The fourth-order valence-corrected chi connectivity index (χ4v) is 3.56. The predicted molar refractivity (Wildman–Crippen MR) is 100 cm³/mol. The van der Waals surface area contributed by atoms with Crippen LogP contribution in [0.4, 0.5) is 4.79 Å². The van der Waals surface area contributed by atoms with E-state index in [1.165, 1.54) is 0 Å². The number of benzene rings is 1. The number of carbonyl (C=O) groups excluding carboxylic acids is 2. The average molecular weight is 426 g/mol. The molecular formula is C19H24BrNO5. The number of carboxylic acid groups (broad SMARTS) is 1. The molecule has 0 heterocycles. The first kappa shape index (κ1) is 20.4. The molecule has 1 saturated carbocycles. The number of alkyl carbamates (subject to hydrolysis) is 1. The lowest BCUT2D eigenvalue weighted by atomic mass is 9.77. The summed E-state index contributed by atoms with van der Waals surface area (Å²) in [7, 11) is 0. The Balaban J connectivity index is 2.18. The highest BCUT2D eigenvalue weighted by Gasteiger charge is 2.51. The van der Waals surface area contributed by atoms with Crippen molar-refractivity contribution in [1.29, 1.82) is 0 Å². The molecular weight excluding hydrogens is 402 g/mol. The Kier molecular flexibility index (Phi) is 6.11. The van der Waals surface area contributed by atoms with E-state index in [-0.39, 0.29) is 12.2 Å². The van der Waals surface area contributed by atoms with E-state index in [1.807, 2.05) is 0 Å². The molecule has 2 unspecified atom stereocenters. The Morgan fingerprint density at radius 3 is 2.42 bits per heavy atom. The second kappa shape index (κ2) is 7.78. The Morgan fingerprint density at radius 1 is 1.27 bits per heavy atom. The first-order chi connectivity index (χ1) is 12.0. The highest BCUT2D eigenvalue weighted by molar-refractivity contribution is 9.10. The minimum absolute atomic E-state index is 0.162. The van der Waals surface area contributed by atoms with Gasteiger partial charge in [0, 0.05) is 22.5 Å². The molecule has 26 heavy (non-hydrogen) atoms. The third kappa shape index (κ3) is 4.84. The fraction of sp³-hybridized carbons (Fsp3) is 0.526. The number of aliphatic carboxylic acids is 1. The van der Waals surface area contributed by atoms with Gasteiger partial charge in [-0.15, -0.1) is 0 Å². The van der Waals surface area contributed by atoms with Crippen LogP contribution in [0.3, 0.4) is 0 Å². The van der Waals surface area contributed by atoms with Gasteiger partial charge in [-0.1, -0.05) is 34.5 Å². The van der Waals surface area contributed by atoms with E-state index in [2.05, 4.69) is 21.2 Å². The number of ketones is 1. The minimum Gasteiger partial charge on any atom is -0.481 e. The average Bonchev–Trinajstić information content (AvgIpc) is 2.89. The monoisotopic (exact) mass is 425 g/mol. The molecule has 1 fully saturated rings. The Labute approximate surface area is 161 Å². The van der Waals surface area contributed by atoms with E-state index >= 15 is 0 Å². The minimum atomic E-state index is -1.32. The molecule has 0 bridgehead atoms. The summed E-state index contributed by atoms with van der Waals surface area (Å²) in [6.45, 7) is 5.22. The van der Waals surface area contributed by atoms with Crippen molar-refractivity contribution in [2.75, 3.05) is 0 Å². The Hall–Kier alpha value is -1.89. The van der Waals surface area contributed by atoms with E-state index in [4.69, 9.17) is 4.74 Å². The summed E-state index contributed by atoms with van der Waals surface area (Å²) in [6, 6.07) is 6.16. The lowest BCUT2D eigenvalue weighted by Crippen LogP contribution is -2.50. The normalized spacial score (nSPS) is 22.7. The van der Waals surface area contributed by atoms with Gasteiger partial charge in [0.2, 0.25) is 0 Å². The van der Waals surface area contributed by atoms with Crippen LogP contribution < -0.4 is 5.32 Å². The van der Waals surface area contributed by atoms with Crippen molar-refractivity contribution in [3.8, 4) is 0 Å². The molecule has 0 aromatic heterocycles. The Morgan fingerprint density at radius 2 is 1.88 bits per heavy atom. The number of hydrogen-bond donors (Lipinski definition) is 2. The van der Waals surface area contributed by atoms with Crippen LogP contribution in [0.5, 0.6) is 0 Å². The van der Waals surface area contributed by atoms with Gasteiger partial charge in [-0.05, 0) is 45.7 Å². The highest BCUT2D eigenvalue weighted by atomic mass is 79.9. The van der Waals surface area contributed by atoms with Crippen molar-refractivity contribution in [3.63, 3.8) is 0 Å². The summed E-state index contributed by atoms with van der Waals surface area (Å²) in [5.41, 5.74) is -1.54. The topological polar surface area (TPSA) is 92.7 Å². The zero-order valence-electron chi connectivity index (χ0n) is 15.2. The van der Waals surface area contributed by atoms with Crippen molar-refractivity contribution >= 4 is 33.8 Å². The number of ether oxygens (including phenoxy) is 1. The zero-order chi connectivity index (χ0) is 19.5. The number of nitrogens with one attached hydrogen (secondary N) is 1. The molecule has 6 nitrogen and oxygen atoms in total. The summed E-state index contributed by atoms with van der Waals surface area (Å²) in [4.78, 5) is 36.8. The van der Waals surface area contributed by atoms with Crippen LogP contribution in [0, 0.1) is 5.41 Å². The lowest BCUT2D eigenvalue weighted by Gasteiger charge is -2.32. The first-order valence-corrected chi connectivity index (χ1v) is 9.34. The number of hydrogen-bond acceptors (Lipinski definition) is 4. The molecule has 142 valence electrons. The number of carbonyl (C=O) groups is 3. The van der Waals surface area contributed by atoms with Crippen LogP contribution >= 0.6 is 15.9 Å². The smallest absolute Gasteiger partial charge is 0.407 e. The molecule has 1 aromatic rings. The molecule has 0 spiro atoms.